The first-order chi connectivity index (χ1) is 11.0. The third-order valence-electron chi connectivity index (χ3n) is 3.75. The molecule has 0 saturated carbocycles. The van der Waals surface area contributed by atoms with Gasteiger partial charge in [0.05, 0.1) is 30.6 Å². The first-order valence-corrected chi connectivity index (χ1v) is 8.57. The van der Waals surface area contributed by atoms with Crippen LogP contribution in [-0.4, -0.2) is 58.7 Å². The minimum absolute atomic E-state index is 0.312. The number of nitrogens with two attached hydrogens (primary N) is 1. The average molecular weight is 336 g/mol. The van der Waals surface area contributed by atoms with E-state index in [1.807, 2.05) is 4.90 Å². The standard InChI is InChI=1S/C12H16N8O2S/c13-2-1-3-20-12-10(8-17-20)11(15-9-16-12)18-4-6-19(7-5-18)23(14,21)22/h8-9H,1,3-7H2,(H2,14,21,22). The van der Waals surface area contributed by atoms with Crippen LogP contribution in [0.25, 0.3) is 11.0 Å². The van der Waals surface area contributed by atoms with Gasteiger partial charge in [-0.05, 0) is 0 Å². The van der Waals surface area contributed by atoms with E-state index in [-0.39, 0.29) is 0 Å². The highest BCUT2D eigenvalue weighted by atomic mass is 32.2. The van der Waals surface area contributed by atoms with Crippen molar-refractivity contribution in [3.8, 4) is 6.07 Å². The van der Waals surface area contributed by atoms with Crippen LogP contribution in [0.1, 0.15) is 6.42 Å². The molecule has 0 bridgehead atoms. The van der Waals surface area contributed by atoms with Gasteiger partial charge in [-0.25, -0.2) is 19.8 Å². The summed E-state index contributed by atoms with van der Waals surface area (Å²) >= 11 is 0. The lowest BCUT2D eigenvalue weighted by atomic mass is 10.3. The van der Waals surface area contributed by atoms with Gasteiger partial charge in [-0.1, -0.05) is 0 Å². The number of nitrogens with zero attached hydrogens (tertiary/aromatic N) is 7. The number of rotatable bonds is 4. The van der Waals surface area contributed by atoms with Crippen molar-refractivity contribution >= 4 is 27.1 Å². The molecule has 0 amide bonds. The highest BCUT2D eigenvalue weighted by Gasteiger charge is 2.26. The Bertz CT molecular complexity index is 848. The maximum Gasteiger partial charge on any atom is 0.277 e. The number of piperazine rings is 1. The zero-order chi connectivity index (χ0) is 16.4. The fraction of sp³-hybridized carbons (Fsp3) is 0.500. The van der Waals surface area contributed by atoms with Gasteiger partial charge in [0.2, 0.25) is 0 Å². The number of anilines is 1. The number of fused-ring (bicyclic) bond motifs is 1. The van der Waals surface area contributed by atoms with E-state index in [4.69, 9.17) is 10.4 Å². The summed E-state index contributed by atoms with van der Waals surface area (Å²) in [7, 11) is -3.65. The molecular weight excluding hydrogens is 320 g/mol. The lowest BCUT2D eigenvalue weighted by Gasteiger charge is -2.33. The molecule has 0 aliphatic carbocycles. The average Bonchev–Trinajstić information content (AvgIpc) is 2.95. The predicted molar refractivity (Wildman–Crippen MR) is 82.4 cm³/mol. The van der Waals surface area contributed by atoms with Crippen molar-refractivity contribution in [1.29, 1.82) is 5.26 Å². The van der Waals surface area contributed by atoms with Gasteiger partial charge in [0.25, 0.3) is 10.2 Å². The van der Waals surface area contributed by atoms with Crippen LogP contribution < -0.4 is 10.0 Å². The van der Waals surface area contributed by atoms with E-state index in [0.29, 0.717) is 50.6 Å². The third-order valence-corrected chi connectivity index (χ3v) is 4.83. The summed E-state index contributed by atoms with van der Waals surface area (Å²) in [6.45, 7) is 2.08. The Balaban J connectivity index is 1.84. The number of nitriles is 1. The molecule has 23 heavy (non-hydrogen) atoms. The molecule has 1 aliphatic rings. The first kappa shape index (κ1) is 15.6. The molecule has 2 aromatic heterocycles. The summed E-state index contributed by atoms with van der Waals surface area (Å²) in [5.74, 6) is 0.715. The fourth-order valence-electron chi connectivity index (χ4n) is 2.61. The number of aromatic nitrogens is 4. The van der Waals surface area contributed by atoms with Crippen molar-refractivity contribution in [2.24, 2.45) is 5.14 Å². The molecule has 2 N–H and O–H groups in total. The molecule has 1 fully saturated rings. The second-order valence-electron chi connectivity index (χ2n) is 5.14. The van der Waals surface area contributed by atoms with Crippen LogP contribution in [0.4, 0.5) is 5.82 Å². The molecule has 3 rings (SSSR count). The summed E-state index contributed by atoms with van der Waals surface area (Å²) in [5.41, 5.74) is 0.666. The molecular formula is C12H16N8O2S. The van der Waals surface area contributed by atoms with Gasteiger partial charge in [-0.3, -0.25) is 0 Å². The molecule has 0 aromatic carbocycles. The van der Waals surface area contributed by atoms with Crippen molar-refractivity contribution in [1.82, 2.24) is 24.1 Å². The molecule has 0 radical (unpaired) electrons. The van der Waals surface area contributed by atoms with Crippen molar-refractivity contribution in [3.05, 3.63) is 12.5 Å². The van der Waals surface area contributed by atoms with Crippen molar-refractivity contribution in [2.75, 3.05) is 31.1 Å². The molecule has 122 valence electrons. The van der Waals surface area contributed by atoms with Crippen LogP contribution in [0.2, 0.25) is 0 Å². The third kappa shape index (κ3) is 3.09. The van der Waals surface area contributed by atoms with Crippen LogP contribution in [0.3, 0.4) is 0 Å². The number of hydrogen-bond donors (Lipinski definition) is 1. The summed E-state index contributed by atoms with van der Waals surface area (Å²) in [6.07, 6.45) is 3.48. The first-order valence-electron chi connectivity index (χ1n) is 7.07. The van der Waals surface area contributed by atoms with Gasteiger partial charge in [-0.15, -0.1) is 0 Å². The minimum atomic E-state index is -3.65. The topological polar surface area (TPSA) is 134 Å². The van der Waals surface area contributed by atoms with E-state index in [9.17, 15) is 8.42 Å². The second kappa shape index (κ2) is 6.07. The smallest absolute Gasteiger partial charge is 0.277 e. The van der Waals surface area contributed by atoms with E-state index in [1.54, 1.807) is 10.9 Å². The Morgan fingerprint density at radius 1 is 1.26 bits per heavy atom. The number of hydrogen-bond acceptors (Lipinski definition) is 7. The lowest BCUT2D eigenvalue weighted by Crippen LogP contribution is -2.51. The van der Waals surface area contributed by atoms with Crippen LogP contribution in [0.15, 0.2) is 12.5 Å². The van der Waals surface area contributed by atoms with Crippen LogP contribution in [0.5, 0.6) is 0 Å². The summed E-state index contributed by atoms with van der Waals surface area (Å²) in [6, 6.07) is 2.08. The number of aryl methyl sites for hydroxylation is 1. The summed E-state index contributed by atoms with van der Waals surface area (Å²) < 4.78 is 25.7. The van der Waals surface area contributed by atoms with Gasteiger partial charge < -0.3 is 4.90 Å². The predicted octanol–water partition coefficient (Wildman–Crippen LogP) is -0.935. The zero-order valence-corrected chi connectivity index (χ0v) is 13.1. The van der Waals surface area contributed by atoms with Crippen LogP contribution in [-0.2, 0) is 16.8 Å². The summed E-state index contributed by atoms with van der Waals surface area (Å²) in [5, 5.41) is 18.9. The monoisotopic (exact) mass is 336 g/mol. The van der Waals surface area contributed by atoms with Gasteiger partial charge in [0, 0.05) is 26.2 Å². The highest BCUT2D eigenvalue weighted by Crippen LogP contribution is 2.24. The molecule has 0 unspecified atom stereocenters. The van der Waals surface area contributed by atoms with Crippen molar-refractivity contribution in [3.63, 3.8) is 0 Å². The maximum absolute atomic E-state index is 11.4. The Labute approximate surface area is 133 Å². The van der Waals surface area contributed by atoms with Crippen LogP contribution in [0, 0.1) is 11.3 Å². The van der Waals surface area contributed by atoms with Gasteiger partial charge in [0.1, 0.15) is 12.1 Å². The molecule has 2 aromatic rings. The fourth-order valence-corrected chi connectivity index (χ4v) is 3.28. The Morgan fingerprint density at radius 3 is 2.65 bits per heavy atom. The molecule has 0 spiro atoms. The largest absolute Gasteiger partial charge is 0.353 e. The van der Waals surface area contributed by atoms with E-state index >= 15 is 0 Å². The Kier molecular flexibility index (Phi) is 4.12. The zero-order valence-electron chi connectivity index (χ0n) is 12.3. The van der Waals surface area contributed by atoms with Gasteiger partial charge >= 0.3 is 0 Å². The second-order valence-corrected chi connectivity index (χ2v) is 6.69. The maximum atomic E-state index is 11.4. The minimum Gasteiger partial charge on any atom is -0.353 e. The molecule has 3 heterocycles. The molecule has 11 heteroatoms. The highest BCUT2D eigenvalue weighted by molar-refractivity contribution is 7.86. The van der Waals surface area contributed by atoms with E-state index < -0.39 is 10.2 Å². The lowest BCUT2D eigenvalue weighted by molar-refractivity contribution is 0.385. The van der Waals surface area contributed by atoms with E-state index in [2.05, 4.69) is 21.1 Å². The quantitative estimate of drug-likeness (QED) is 0.762. The van der Waals surface area contributed by atoms with Gasteiger partial charge in [0.15, 0.2) is 5.65 Å². The van der Waals surface area contributed by atoms with Gasteiger partial charge in [-0.2, -0.15) is 23.1 Å². The molecule has 0 atom stereocenters. The summed E-state index contributed by atoms with van der Waals surface area (Å²) in [4.78, 5) is 10.5. The Hall–Kier alpha value is -2.29. The Morgan fingerprint density at radius 2 is 2.00 bits per heavy atom. The van der Waals surface area contributed by atoms with Crippen molar-refractivity contribution < 1.29 is 8.42 Å². The van der Waals surface area contributed by atoms with E-state index in [0.717, 1.165) is 5.39 Å². The molecule has 1 aliphatic heterocycles. The van der Waals surface area contributed by atoms with E-state index in [1.165, 1.54) is 10.6 Å². The normalized spacial score (nSPS) is 16.6. The van der Waals surface area contributed by atoms with Crippen molar-refractivity contribution in [2.45, 2.75) is 13.0 Å². The SMILES string of the molecule is N#CCCn1ncc2c(N3CCN(S(N)(=O)=O)CC3)ncnc21. The molecule has 10 nitrogen and oxygen atoms in total. The van der Waals surface area contributed by atoms with Crippen LogP contribution >= 0.6 is 0 Å². The molecule has 1 saturated heterocycles.